The quantitative estimate of drug-likeness (QED) is 0.609. The van der Waals surface area contributed by atoms with Crippen molar-refractivity contribution in [3.8, 4) is 0 Å². The predicted molar refractivity (Wildman–Crippen MR) is 110 cm³/mol. The van der Waals surface area contributed by atoms with Crippen LogP contribution in [0.4, 0.5) is 11.4 Å². The van der Waals surface area contributed by atoms with E-state index < -0.39 is 11.9 Å². The average molecular weight is 423 g/mol. The van der Waals surface area contributed by atoms with Gasteiger partial charge in [0, 0.05) is 24.2 Å². The van der Waals surface area contributed by atoms with E-state index in [0.29, 0.717) is 27.8 Å². The van der Waals surface area contributed by atoms with Gasteiger partial charge in [0.25, 0.3) is 5.91 Å². The molecule has 0 heterocycles. The van der Waals surface area contributed by atoms with Gasteiger partial charge in [-0.25, -0.2) is 0 Å². The average Bonchev–Trinajstić information content (AvgIpc) is 2.63. The molecule has 8 heteroatoms. The summed E-state index contributed by atoms with van der Waals surface area (Å²) in [5, 5.41) is 6.05. The number of benzene rings is 2. The van der Waals surface area contributed by atoms with Gasteiger partial charge in [-0.1, -0.05) is 35.3 Å². The minimum Gasteiger partial charge on any atom is -0.456 e. The van der Waals surface area contributed by atoms with Crippen LogP contribution < -0.4 is 10.6 Å². The number of hydrogen-bond acceptors (Lipinski definition) is 4. The molecule has 0 aromatic heterocycles. The number of anilines is 2. The fourth-order valence-electron chi connectivity index (χ4n) is 2.33. The normalized spacial score (nSPS) is 10.2. The van der Waals surface area contributed by atoms with Crippen molar-refractivity contribution in [3.05, 3.63) is 58.1 Å². The number of aryl methyl sites for hydroxylation is 1. The number of esters is 1. The number of carbonyl (C=O) groups is 3. The zero-order valence-corrected chi connectivity index (χ0v) is 16.8. The smallest absolute Gasteiger partial charge is 0.306 e. The maximum absolute atomic E-state index is 11.9. The van der Waals surface area contributed by atoms with Crippen molar-refractivity contribution < 1.29 is 19.1 Å². The monoisotopic (exact) mass is 422 g/mol. The summed E-state index contributed by atoms with van der Waals surface area (Å²) in [5.41, 5.74) is 2.17. The van der Waals surface area contributed by atoms with Crippen molar-refractivity contribution in [2.45, 2.75) is 26.2 Å². The van der Waals surface area contributed by atoms with E-state index in [1.165, 1.54) is 0 Å². The summed E-state index contributed by atoms with van der Waals surface area (Å²) < 4.78 is 4.92. The van der Waals surface area contributed by atoms with Gasteiger partial charge < -0.3 is 15.4 Å². The summed E-state index contributed by atoms with van der Waals surface area (Å²) in [4.78, 5) is 35.4. The molecule has 0 radical (unpaired) electrons. The SMILES string of the molecule is Cc1cccc(NC(=O)COC(=O)CCCC(=O)Nc2ccc(Cl)c(Cl)c2)c1. The summed E-state index contributed by atoms with van der Waals surface area (Å²) in [6.45, 7) is 1.54. The van der Waals surface area contributed by atoms with Gasteiger partial charge in [0.1, 0.15) is 0 Å². The third-order valence-corrected chi connectivity index (χ3v) is 4.39. The maximum atomic E-state index is 11.9. The minimum atomic E-state index is -0.540. The summed E-state index contributed by atoms with van der Waals surface area (Å²) in [5.74, 6) is -1.22. The summed E-state index contributed by atoms with van der Waals surface area (Å²) in [6, 6.07) is 12.0. The molecule has 0 unspecified atom stereocenters. The van der Waals surface area contributed by atoms with Crippen molar-refractivity contribution in [2.24, 2.45) is 0 Å². The van der Waals surface area contributed by atoms with E-state index in [2.05, 4.69) is 10.6 Å². The molecular weight excluding hydrogens is 403 g/mol. The van der Waals surface area contributed by atoms with Gasteiger partial charge in [-0.2, -0.15) is 0 Å². The van der Waals surface area contributed by atoms with Gasteiger partial charge in [0.05, 0.1) is 10.0 Å². The molecule has 0 bridgehead atoms. The number of amides is 2. The first-order chi connectivity index (χ1) is 13.3. The van der Waals surface area contributed by atoms with Crippen LogP contribution in [0, 0.1) is 6.92 Å². The molecule has 28 heavy (non-hydrogen) atoms. The van der Waals surface area contributed by atoms with Crippen LogP contribution in [0.25, 0.3) is 0 Å². The Labute approximate surface area is 173 Å². The first-order valence-corrected chi connectivity index (χ1v) is 9.36. The van der Waals surface area contributed by atoms with Gasteiger partial charge in [0.2, 0.25) is 5.91 Å². The van der Waals surface area contributed by atoms with E-state index in [-0.39, 0.29) is 25.4 Å². The number of nitrogens with one attached hydrogen (secondary N) is 2. The Balaban J connectivity index is 1.64. The lowest BCUT2D eigenvalue weighted by Crippen LogP contribution is -2.21. The molecule has 2 amide bonds. The molecular formula is C20H20Cl2N2O4. The second-order valence-corrected chi connectivity index (χ2v) is 6.92. The lowest BCUT2D eigenvalue weighted by Gasteiger charge is -2.08. The third kappa shape index (κ3) is 7.58. The van der Waals surface area contributed by atoms with E-state index in [9.17, 15) is 14.4 Å². The Morgan fingerprint density at radius 2 is 1.61 bits per heavy atom. The van der Waals surface area contributed by atoms with Gasteiger partial charge >= 0.3 is 5.97 Å². The van der Waals surface area contributed by atoms with Crippen molar-refractivity contribution >= 4 is 52.4 Å². The summed E-state index contributed by atoms with van der Waals surface area (Å²) in [7, 11) is 0. The Hall–Kier alpha value is -2.57. The van der Waals surface area contributed by atoms with Gasteiger partial charge in [-0.05, 0) is 49.2 Å². The fourth-order valence-corrected chi connectivity index (χ4v) is 2.63. The van der Waals surface area contributed by atoms with Crippen molar-refractivity contribution in [1.29, 1.82) is 0 Å². The van der Waals surface area contributed by atoms with E-state index in [4.69, 9.17) is 27.9 Å². The standard InChI is InChI=1S/C20H20Cl2N2O4/c1-13-4-2-5-14(10-13)24-19(26)12-28-20(27)7-3-6-18(25)23-15-8-9-16(21)17(22)11-15/h2,4-5,8-11H,3,6-7,12H2,1H3,(H,23,25)(H,24,26). The van der Waals surface area contributed by atoms with Crippen LogP contribution in [0.1, 0.15) is 24.8 Å². The Kier molecular flexibility index (Phi) is 8.29. The van der Waals surface area contributed by atoms with Crippen LogP contribution in [-0.4, -0.2) is 24.4 Å². The molecule has 0 saturated heterocycles. The zero-order valence-electron chi connectivity index (χ0n) is 15.3. The van der Waals surface area contributed by atoms with Crippen molar-refractivity contribution in [2.75, 3.05) is 17.2 Å². The largest absolute Gasteiger partial charge is 0.456 e. The highest BCUT2D eigenvalue weighted by molar-refractivity contribution is 6.42. The molecule has 148 valence electrons. The molecule has 6 nitrogen and oxygen atoms in total. The molecule has 0 aliphatic carbocycles. The Bertz CT molecular complexity index is 871. The lowest BCUT2D eigenvalue weighted by molar-refractivity contribution is -0.147. The van der Waals surface area contributed by atoms with Crippen molar-refractivity contribution in [1.82, 2.24) is 0 Å². The topological polar surface area (TPSA) is 84.5 Å². The van der Waals surface area contributed by atoms with E-state index in [1.54, 1.807) is 24.3 Å². The van der Waals surface area contributed by atoms with E-state index in [1.807, 2.05) is 25.1 Å². The molecule has 2 aromatic rings. The number of rotatable bonds is 8. The van der Waals surface area contributed by atoms with Crippen LogP contribution in [-0.2, 0) is 19.1 Å². The zero-order chi connectivity index (χ0) is 20.5. The molecule has 0 atom stereocenters. The van der Waals surface area contributed by atoms with Crippen LogP contribution in [0.3, 0.4) is 0 Å². The number of hydrogen-bond donors (Lipinski definition) is 2. The molecule has 2 aromatic carbocycles. The molecule has 0 aliphatic rings. The Morgan fingerprint density at radius 3 is 2.32 bits per heavy atom. The fraction of sp³-hybridized carbons (Fsp3) is 0.250. The Morgan fingerprint density at radius 1 is 0.893 bits per heavy atom. The van der Waals surface area contributed by atoms with Gasteiger partial charge in [0.15, 0.2) is 6.61 Å². The highest BCUT2D eigenvalue weighted by Gasteiger charge is 2.10. The lowest BCUT2D eigenvalue weighted by atomic mass is 10.2. The van der Waals surface area contributed by atoms with Crippen LogP contribution >= 0.6 is 23.2 Å². The van der Waals surface area contributed by atoms with E-state index >= 15 is 0 Å². The first-order valence-electron chi connectivity index (χ1n) is 8.60. The van der Waals surface area contributed by atoms with Gasteiger partial charge in [-0.15, -0.1) is 0 Å². The predicted octanol–water partition coefficient (Wildman–Crippen LogP) is 4.59. The summed E-state index contributed by atoms with van der Waals surface area (Å²) >= 11 is 11.7. The van der Waals surface area contributed by atoms with E-state index in [0.717, 1.165) is 5.56 Å². The molecule has 0 fully saturated rings. The molecule has 0 saturated carbocycles. The number of ether oxygens (including phenoxy) is 1. The highest BCUT2D eigenvalue weighted by Crippen LogP contribution is 2.25. The number of halogens is 2. The van der Waals surface area contributed by atoms with Crippen molar-refractivity contribution in [3.63, 3.8) is 0 Å². The molecule has 0 aliphatic heterocycles. The molecule has 2 rings (SSSR count). The first kappa shape index (κ1) is 21.7. The van der Waals surface area contributed by atoms with Crippen LogP contribution in [0.2, 0.25) is 10.0 Å². The second kappa shape index (κ2) is 10.7. The third-order valence-electron chi connectivity index (χ3n) is 3.65. The van der Waals surface area contributed by atoms with Crippen LogP contribution in [0.15, 0.2) is 42.5 Å². The summed E-state index contributed by atoms with van der Waals surface area (Å²) in [6.07, 6.45) is 0.461. The minimum absolute atomic E-state index is 0.0342. The molecule has 0 spiro atoms. The molecule has 2 N–H and O–H groups in total. The van der Waals surface area contributed by atoms with Crippen LogP contribution in [0.5, 0.6) is 0 Å². The maximum Gasteiger partial charge on any atom is 0.306 e. The number of carbonyl (C=O) groups excluding carboxylic acids is 3. The second-order valence-electron chi connectivity index (χ2n) is 6.11. The highest BCUT2D eigenvalue weighted by atomic mass is 35.5. The van der Waals surface area contributed by atoms with Gasteiger partial charge in [-0.3, -0.25) is 14.4 Å².